The third-order valence-corrected chi connectivity index (χ3v) is 7.01. The normalized spacial score (nSPS) is 19.1. The first-order valence-electron chi connectivity index (χ1n) is 11.0. The van der Waals surface area contributed by atoms with Crippen molar-refractivity contribution in [1.29, 1.82) is 0 Å². The number of hydrogen-bond acceptors (Lipinski definition) is 6. The highest BCUT2D eigenvalue weighted by atomic mass is 32.2. The predicted octanol–water partition coefficient (Wildman–Crippen LogP) is 1.77. The van der Waals surface area contributed by atoms with Crippen LogP contribution in [0.25, 0.3) is 0 Å². The average Bonchev–Trinajstić information content (AvgIpc) is 2.80. The number of rotatable bonds is 9. The quantitative estimate of drug-likeness (QED) is 0.576. The van der Waals surface area contributed by atoms with Gasteiger partial charge in [0.05, 0.1) is 26.5 Å². The fourth-order valence-electron chi connectivity index (χ4n) is 3.92. The molecule has 3 rings (SSSR count). The van der Waals surface area contributed by atoms with Crippen molar-refractivity contribution in [3.05, 3.63) is 59.7 Å². The Kier molecular flexibility index (Phi) is 7.83. The van der Waals surface area contributed by atoms with Crippen molar-refractivity contribution < 1.29 is 27.5 Å². The van der Waals surface area contributed by atoms with Gasteiger partial charge in [-0.1, -0.05) is 36.4 Å². The number of carbonyl (C=O) groups is 2. The Hall–Kier alpha value is -3.11. The molecule has 0 aromatic heterocycles. The van der Waals surface area contributed by atoms with Crippen molar-refractivity contribution in [1.82, 2.24) is 14.5 Å². The molecule has 0 radical (unpaired) electrons. The first kappa shape index (κ1) is 25.5. The van der Waals surface area contributed by atoms with Crippen LogP contribution in [0.4, 0.5) is 0 Å². The van der Waals surface area contributed by atoms with E-state index < -0.39 is 27.4 Å². The van der Waals surface area contributed by atoms with Crippen LogP contribution >= 0.6 is 0 Å². The zero-order valence-corrected chi connectivity index (χ0v) is 20.7. The van der Waals surface area contributed by atoms with Crippen LogP contribution in [0.2, 0.25) is 0 Å². The van der Waals surface area contributed by atoms with Crippen LogP contribution in [0.1, 0.15) is 25.0 Å². The number of amides is 2. The molecule has 1 aliphatic rings. The van der Waals surface area contributed by atoms with Crippen LogP contribution in [0, 0.1) is 0 Å². The first-order chi connectivity index (χ1) is 16.1. The van der Waals surface area contributed by atoms with Gasteiger partial charge in [0.1, 0.15) is 5.54 Å². The van der Waals surface area contributed by atoms with E-state index in [0.717, 1.165) is 21.7 Å². The molecule has 184 valence electrons. The SMILES string of the molecule is CCOc1ccc(CN2C(=O)CN(S(C)(=O)=O)C[C@]2(C)C(=O)NCc2ccccc2)cc1OC. The Bertz CT molecular complexity index is 1140. The summed E-state index contributed by atoms with van der Waals surface area (Å²) in [4.78, 5) is 28.0. The second-order valence-electron chi connectivity index (χ2n) is 8.37. The van der Waals surface area contributed by atoms with Gasteiger partial charge in [0.25, 0.3) is 0 Å². The Morgan fingerprint density at radius 2 is 1.82 bits per heavy atom. The fraction of sp³-hybridized carbons (Fsp3) is 0.417. The van der Waals surface area contributed by atoms with E-state index in [2.05, 4.69) is 5.32 Å². The molecule has 1 fully saturated rings. The van der Waals surface area contributed by atoms with Gasteiger partial charge in [-0.2, -0.15) is 4.31 Å². The minimum atomic E-state index is -3.68. The highest BCUT2D eigenvalue weighted by molar-refractivity contribution is 7.88. The van der Waals surface area contributed by atoms with E-state index in [9.17, 15) is 18.0 Å². The molecule has 1 N–H and O–H groups in total. The monoisotopic (exact) mass is 489 g/mol. The lowest BCUT2D eigenvalue weighted by Crippen LogP contribution is -2.69. The summed E-state index contributed by atoms with van der Waals surface area (Å²) in [6.45, 7) is 3.82. The molecular weight excluding hydrogens is 458 g/mol. The lowest BCUT2D eigenvalue weighted by molar-refractivity contribution is -0.153. The third kappa shape index (κ3) is 5.68. The summed E-state index contributed by atoms with van der Waals surface area (Å²) < 4.78 is 36.5. The molecule has 2 aromatic rings. The fourth-order valence-corrected chi connectivity index (χ4v) is 4.75. The highest BCUT2D eigenvalue weighted by Gasteiger charge is 2.49. The van der Waals surface area contributed by atoms with Gasteiger partial charge in [-0.3, -0.25) is 9.59 Å². The first-order valence-corrected chi connectivity index (χ1v) is 12.8. The molecule has 0 spiro atoms. The lowest BCUT2D eigenvalue weighted by Gasteiger charge is -2.46. The maximum atomic E-state index is 13.4. The zero-order valence-electron chi connectivity index (χ0n) is 19.9. The molecule has 2 amide bonds. The van der Waals surface area contributed by atoms with Crippen LogP contribution in [-0.2, 0) is 32.7 Å². The minimum absolute atomic E-state index is 0.106. The van der Waals surface area contributed by atoms with Gasteiger partial charge in [-0.25, -0.2) is 8.42 Å². The van der Waals surface area contributed by atoms with Crippen molar-refractivity contribution in [3.63, 3.8) is 0 Å². The second-order valence-corrected chi connectivity index (χ2v) is 10.4. The Balaban J connectivity index is 1.91. The average molecular weight is 490 g/mol. The number of carbonyl (C=O) groups excluding carboxylic acids is 2. The van der Waals surface area contributed by atoms with Gasteiger partial charge in [-0.05, 0) is 37.1 Å². The number of hydrogen-bond donors (Lipinski definition) is 1. The largest absolute Gasteiger partial charge is 0.493 e. The molecule has 34 heavy (non-hydrogen) atoms. The van der Waals surface area contributed by atoms with E-state index in [4.69, 9.17) is 9.47 Å². The maximum Gasteiger partial charge on any atom is 0.247 e. The van der Waals surface area contributed by atoms with E-state index in [1.807, 2.05) is 37.3 Å². The molecule has 0 saturated carbocycles. The summed E-state index contributed by atoms with van der Waals surface area (Å²) in [7, 11) is -2.15. The third-order valence-electron chi connectivity index (χ3n) is 5.82. The summed E-state index contributed by atoms with van der Waals surface area (Å²) in [5.74, 6) is 0.194. The minimum Gasteiger partial charge on any atom is -0.493 e. The van der Waals surface area contributed by atoms with Crippen LogP contribution in [0.5, 0.6) is 11.5 Å². The van der Waals surface area contributed by atoms with Crippen molar-refractivity contribution >= 4 is 21.8 Å². The van der Waals surface area contributed by atoms with E-state index in [0.29, 0.717) is 18.1 Å². The van der Waals surface area contributed by atoms with Gasteiger partial charge in [0, 0.05) is 19.6 Å². The lowest BCUT2D eigenvalue weighted by atomic mass is 9.94. The summed E-state index contributed by atoms with van der Waals surface area (Å²) in [6, 6.07) is 14.7. The zero-order chi connectivity index (χ0) is 24.9. The number of methoxy groups -OCH3 is 1. The van der Waals surface area contributed by atoms with Crippen molar-refractivity contribution in [2.24, 2.45) is 0 Å². The van der Waals surface area contributed by atoms with E-state index in [1.54, 1.807) is 25.1 Å². The number of nitrogens with zero attached hydrogens (tertiary/aromatic N) is 2. The van der Waals surface area contributed by atoms with Crippen LogP contribution in [0.3, 0.4) is 0 Å². The van der Waals surface area contributed by atoms with Gasteiger partial charge < -0.3 is 19.7 Å². The van der Waals surface area contributed by atoms with Crippen LogP contribution in [0.15, 0.2) is 48.5 Å². The van der Waals surface area contributed by atoms with Crippen LogP contribution < -0.4 is 14.8 Å². The predicted molar refractivity (Wildman–Crippen MR) is 128 cm³/mol. The Labute approximate surface area is 200 Å². The molecule has 1 atom stereocenters. The second kappa shape index (κ2) is 10.4. The number of sulfonamides is 1. The summed E-state index contributed by atoms with van der Waals surface area (Å²) >= 11 is 0. The standard InChI is InChI=1S/C24H31N3O6S/c1-5-33-20-12-11-19(13-21(20)32-3)15-27-22(28)16-26(34(4,30)31)17-24(27,2)23(29)25-14-18-9-7-6-8-10-18/h6-13H,5,14-17H2,1-4H3,(H,25,29)/t24-/m1/s1. The van der Waals surface area contributed by atoms with E-state index in [1.165, 1.54) is 12.0 Å². The van der Waals surface area contributed by atoms with Crippen molar-refractivity contribution in [2.75, 3.05) is 33.1 Å². The number of benzene rings is 2. The van der Waals surface area contributed by atoms with Gasteiger partial charge in [-0.15, -0.1) is 0 Å². The Morgan fingerprint density at radius 3 is 2.44 bits per heavy atom. The van der Waals surface area contributed by atoms with E-state index in [-0.39, 0.29) is 26.2 Å². The van der Waals surface area contributed by atoms with E-state index >= 15 is 0 Å². The summed E-state index contributed by atoms with van der Waals surface area (Å²) in [5, 5.41) is 2.87. The molecule has 1 heterocycles. The molecular formula is C24H31N3O6S. The van der Waals surface area contributed by atoms with Crippen molar-refractivity contribution in [2.45, 2.75) is 32.5 Å². The highest BCUT2D eigenvalue weighted by Crippen LogP contribution is 2.31. The number of nitrogens with one attached hydrogen (secondary N) is 1. The molecule has 0 unspecified atom stereocenters. The smallest absolute Gasteiger partial charge is 0.247 e. The molecule has 1 aliphatic heterocycles. The van der Waals surface area contributed by atoms with Crippen LogP contribution in [-0.4, -0.2) is 68.0 Å². The van der Waals surface area contributed by atoms with Crippen molar-refractivity contribution in [3.8, 4) is 11.5 Å². The topological polar surface area (TPSA) is 105 Å². The molecule has 10 heteroatoms. The molecule has 0 bridgehead atoms. The summed E-state index contributed by atoms with van der Waals surface area (Å²) in [6.07, 6.45) is 1.04. The number of ether oxygens (including phenoxy) is 2. The van der Waals surface area contributed by atoms with Gasteiger partial charge >= 0.3 is 0 Å². The molecule has 0 aliphatic carbocycles. The summed E-state index contributed by atoms with van der Waals surface area (Å²) in [5.41, 5.74) is 0.201. The van der Waals surface area contributed by atoms with Gasteiger partial charge in [0.15, 0.2) is 11.5 Å². The maximum absolute atomic E-state index is 13.4. The van der Waals surface area contributed by atoms with Gasteiger partial charge in [0.2, 0.25) is 21.8 Å². The molecule has 2 aromatic carbocycles. The molecule has 9 nitrogen and oxygen atoms in total. The number of piperazine rings is 1. The Morgan fingerprint density at radius 1 is 1.12 bits per heavy atom. The molecule has 1 saturated heterocycles.